The second-order valence-corrected chi connectivity index (χ2v) is 10.2. The van der Waals surface area contributed by atoms with Crippen molar-refractivity contribution in [2.24, 2.45) is 0 Å². The van der Waals surface area contributed by atoms with E-state index >= 15 is 0 Å². The Hall–Kier alpha value is -1.89. The quantitative estimate of drug-likeness (QED) is 0.512. The first-order valence-corrected chi connectivity index (χ1v) is 12.5. The summed E-state index contributed by atoms with van der Waals surface area (Å²) in [6.07, 6.45) is 4.45. The molecule has 0 unspecified atom stereocenters. The molecule has 2 fully saturated rings. The van der Waals surface area contributed by atoms with Gasteiger partial charge in [-0.2, -0.15) is 5.10 Å². The molecule has 164 valence electrons. The molecule has 5 rings (SSSR count). The average molecular weight is 457 g/mol. The van der Waals surface area contributed by atoms with E-state index in [2.05, 4.69) is 22.8 Å². The van der Waals surface area contributed by atoms with Crippen LogP contribution in [-0.4, -0.2) is 57.2 Å². The Morgan fingerprint density at radius 3 is 2.58 bits per heavy atom. The Morgan fingerprint density at radius 1 is 1.19 bits per heavy atom. The third kappa shape index (κ3) is 4.13. The van der Waals surface area contributed by atoms with E-state index in [4.69, 9.17) is 16.7 Å². The first-order chi connectivity index (χ1) is 15.0. The molecule has 1 saturated heterocycles. The van der Waals surface area contributed by atoms with Crippen LogP contribution in [0.4, 0.5) is 0 Å². The van der Waals surface area contributed by atoms with Crippen LogP contribution in [-0.2, 0) is 6.54 Å². The van der Waals surface area contributed by atoms with E-state index < -0.39 is 0 Å². The number of hydrogen-bond acceptors (Lipinski definition) is 4. The van der Waals surface area contributed by atoms with Gasteiger partial charge in [-0.3, -0.25) is 9.48 Å². The maximum absolute atomic E-state index is 13.7. The Balaban J connectivity index is 1.42. The van der Waals surface area contributed by atoms with Gasteiger partial charge in [-0.05, 0) is 56.8 Å². The summed E-state index contributed by atoms with van der Waals surface area (Å²) in [7, 11) is 0. The Morgan fingerprint density at radius 2 is 1.90 bits per heavy atom. The lowest BCUT2D eigenvalue weighted by molar-refractivity contribution is 0.0559. The van der Waals surface area contributed by atoms with Gasteiger partial charge >= 0.3 is 0 Å². The van der Waals surface area contributed by atoms with Crippen molar-refractivity contribution in [3.63, 3.8) is 0 Å². The topological polar surface area (TPSA) is 41.4 Å². The van der Waals surface area contributed by atoms with E-state index in [0.717, 1.165) is 76.7 Å². The van der Waals surface area contributed by atoms with Crippen LogP contribution in [0.3, 0.4) is 0 Å². The second-order valence-electron chi connectivity index (χ2n) is 8.77. The molecule has 1 aliphatic carbocycles. The zero-order valence-electron chi connectivity index (χ0n) is 18.2. The van der Waals surface area contributed by atoms with Gasteiger partial charge in [0, 0.05) is 35.6 Å². The van der Waals surface area contributed by atoms with Gasteiger partial charge in [-0.25, -0.2) is 0 Å². The van der Waals surface area contributed by atoms with Gasteiger partial charge in [0.05, 0.1) is 17.1 Å². The van der Waals surface area contributed by atoms with Gasteiger partial charge < -0.3 is 9.80 Å². The maximum atomic E-state index is 13.7. The molecule has 2 aliphatic rings. The fourth-order valence-electron chi connectivity index (χ4n) is 4.74. The molecular formula is C24H29ClN4OS. The largest absolute Gasteiger partial charge is 0.332 e. The van der Waals surface area contributed by atoms with Gasteiger partial charge in [-0.1, -0.05) is 36.7 Å². The van der Waals surface area contributed by atoms with E-state index in [0.29, 0.717) is 18.6 Å². The van der Waals surface area contributed by atoms with Gasteiger partial charge in [0.2, 0.25) is 0 Å². The normalized spacial score (nSPS) is 18.0. The van der Waals surface area contributed by atoms with Crippen LogP contribution in [0.25, 0.3) is 10.2 Å². The number of likely N-dealkylation sites (tertiary alicyclic amines) is 1. The maximum Gasteiger partial charge on any atom is 0.264 e. The first kappa shape index (κ1) is 21.0. The number of carbonyl (C=O) groups excluding carboxylic acids is 1. The molecule has 1 aromatic carbocycles. The summed E-state index contributed by atoms with van der Waals surface area (Å²) >= 11 is 7.95. The van der Waals surface area contributed by atoms with Crippen molar-refractivity contribution in [3.05, 3.63) is 51.5 Å². The summed E-state index contributed by atoms with van der Waals surface area (Å²) in [4.78, 5) is 20.3. The van der Waals surface area contributed by atoms with Gasteiger partial charge in [0.15, 0.2) is 0 Å². The Kier molecular flexibility index (Phi) is 5.80. The van der Waals surface area contributed by atoms with Gasteiger partial charge in [-0.15, -0.1) is 11.3 Å². The minimum Gasteiger partial charge on any atom is -0.332 e. The van der Waals surface area contributed by atoms with Gasteiger partial charge in [0.1, 0.15) is 4.83 Å². The predicted molar refractivity (Wildman–Crippen MR) is 127 cm³/mol. The number of carbonyl (C=O) groups is 1. The van der Waals surface area contributed by atoms with Crippen molar-refractivity contribution in [2.45, 2.75) is 58.2 Å². The second kappa shape index (κ2) is 8.57. The van der Waals surface area contributed by atoms with Crippen LogP contribution in [0.15, 0.2) is 30.3 Å². The Bertz CT molecular complexity index is 1090. The molecule has 0 spiro atoms. The third-order valence-electron chi connectivity index (χ3n) is 6.67. The number of rotatable bonds is 6. The number of hydrogen-bond donors (Lipinski definition) is 0. The van der Waals surface area contributed by atoms with Crippen LogP contribution in [0.2, 0.25) is 5.02 Å². The zero-order chi connectivity index (χ0) is 21.5. The molecule has 7 heteroatoms. The fraction of sp³-hybridized carbons (Fsp3) is 0.500. The van der Waals surface area contributed by atoms with Gasteiger partial charge in [0.25, 0.3) is 5.91 Å². The summed E-state index contributed by atoms with van der Waals surface area (Å²) < 4.78 is 1.99. The average Bonchev–Trinajstić information content (AvgIpc) is 3.43. The molecule has 1 aliphatic heterocycles. The summed E-state index contributed by atoms with van der Waals surface area (Å²) in [5.41, 5.74) is 2.00. The molecular weight excluding hydrogens is 428 g/mol. The summed E-state index contributed by atoms with van der Waals surface area (Å²) in [6, 6.07) is 10.7. The smallest absolute Gasteiger partial charge is 0.264 e. The SMILES string of the molecule is CCN1CCC(N(C(=O)c2cc3c(C)nn(Cc4ccccc4Cl)c3s2)C2CC2)CC1. The summed E-state index contributed by atoms with van der Waals surface area (Å²) in [5.74, 6) is 0.211. The van der Waals surface area contributed by atoms with E-state index in [1.165, 1.54) is 0 Å². The number of nitrogens with zero attached hydrogens (tertiary/aromatic N) is 4. The highest BCUT2D eigenvalue weighted by atomic mass is 35.5. The predicted octanol–water partition coefficient (Wildman–Crippen LogP) is 5.20. The van der Waals surface area contributed by atoms with E-state index in [9.17, 15) is 4.79 Å². The minimum absolute atomic E-state index is 0.211. The molecule has 0 radical (unpaired) electrons. The summed E-state index contributed by atoms with van der Waals surface area (Å²) in [5, 5.41) is 6.55. The first-order valence-electron chi connectivity index (χ1n) is 11.3. The van der Waals surface area contributed by atoms with Crippen LogP contribution in [0, 0.1) is 6.92 Å². The molecule has 5 nitrogen and oxygen atoms in total. The van der Waals surface area contributed by atoms with Crippen molar-refractivity contribution < 1.29 is 4.79 Å². The number of piperidine rings is 1. The monoisotopic (exact) mass is 456 g/mol. The molecule has 1 saturated carbocycles. The van der Waals surface area contributed by atoms with E-state index in [1.807, 2.05) is 35.9 Å². The number of halogens is 1. The lowest BCUT2D eigenvalue weighted by Crippen LogP contribution is -2.48. The van der Waals surface area contributed by atoms with Crippen LogP contribution < -0.4 is 0 Å². The number of fused-ring (bicyclic) bond motifs is 1. The van der Waals surface area contributed by atoms with Crippen LogP contribution in [0.1, 0.15) is 53.5 Å². The molecule has 3 heterocycles. The summed E-state index contributed by atoms with van der Waals surface area (Å²) in [6.45, 7) is 8.13. The van der Waals surface area contributed by atoms with E-state index in [-0.39, 0.29) is 5.91 Å². The van der Waals surface area contributed by atoms with E-state index in [1.54, 1.807) is 11.3 Å². The molecule has 0 N–H and O–H groups in total. The molecule has 3 aromatic rings. The standard InChI is InChI=1S/C24H29ClN4OS/c1-3-27-12-10-19(11-13-27)29(18-8-9-18)23(30)22-14-20-16(2)26-28(24(20)31-22)15-17-6-4-5-7-21(17)25/h4-7,14,18-19H,3,8-13,15H2,1-2H3. The highest BCUT2D eigenvalue weighted by molar-refractivity contribution is 7.20. The molecule has 0 bridgehead atoms. The highest BCUT2D eigenvalue weighted by Crippen LogP contribution is 2.36. The Labute approximate surface area is 192 Å². The highest BCUT2D eigenvalue weighted by Gasteiger charge is 2.39. The molecule has 31 heavy (non-hydrogen) atoms. The number of thiophene rings is 1. The fourth-order valence-corrected chi connectivity index (χ4v) is 6.04. The van der Waals surface area contributed by atoms with Crippen molar-refractivity contribution >= 4 is 39.1 Å². The molecule has 2 aromatic heterocycles. The van der Waals surface area contributed by atoms with Crippen molar-refractivity contribution in [2.75, 3.05) is 19.6 Å². The molecule has 0 atom stereocenters. The van der Waals surface area contributed by atoms with Crippen molar-refractivity contribution in [1.82, 2.24) is 19.6 Å². The van der Waals surface area contributed by atoms with Crippen LogP contribution in [0.5, 0.6) is 0 Å². The number of benzene rings is 1. The molecule has 1 amide bonds. The van der Waals surface area contributed by atoms with Crippen molar-refractivity contribution in [1.29, 1.82) is 0 Å². The lowest BCUT2D eigenvalue weighted by Gasteiger charge is -2.38. The zero-order valence-corrected chi connectivity index (χ0v) is 19.8. The third-order valence-corrected chi connectivity index (χ3v) is 8.17. The number of aromatic nitrogens is 2. The van der Waals surface area contributed by atoms with Crippen molar-refractivity contribution in [3.8, 4) is 0 Å². The number of aryl methyl sites for hydroxylation is 1. The lowest BCUT2D eigenvalue weighted by atomic mass is 10.0. The number of amides is 1. The van der Waals surface area contributed by atoms with Crippen LogP contribution >= 0.6 is 22.9 Å². The minimum atomic E-state index is 0.211.